The Morgan fingerprint density at radius 2 is 1.79 bits per heavy atom. The van der Waals surface area contributed by atoms with Crippen LogP contribution in [0.3, 0.4) is 0 Å². The van der Waals surface area contributed by atoms with Crippen molar-refractivity contribution in [3.63, 3.8) is 0 Å². The average molecular weight is 392 g/mol. The third kappa shape index (κ3) is 3.39. The first kappa shape index (κ1) is 17.9. The van der Waals surface area contributed by atoms with E-state index in [4.69, 9.17) is 5.73 Å². The Morgan fingerprint density at radius 3 is 2.57 bits per heavy atom. The molecule has 0 aliphatic carbocycles. The van der Waals surface area contributed by atoms with Crippen molar-refractivity contribution in [2.45, 2.75) is 6.92 Å². The largest absolute Gasteiger partial charge is 0.382 e. The van der Waals surface area contributed by atoms with Crippen LogP contribution < -0.4 is 16.4 Å². The van der Waals surface area contributed by atoms with Crippen molar-refractivity contribution in [3.05, 3.63) is 72.0 Å². The second-order valence-electron chi connectivity index (χ2n) is 6.34. The number of carbonyl (C=O) groups is 1. The van der Waals surface area contributed by atoms with Crippen LogP contribution in [0.25, 0.3) is 21.2 Å². The van der Waals surface area contributed by atoms with E-state index >= 15 is 0 Å². The molecule has 0 spiro atoms. The van der Waals surface area contributed by atoms with Crippen molar-refractivity contribution in [2.24, 2.45) is 0 Å². The topological polar surface area (TPSA) is 80.0 Å². The van der Waals surface area contributed by atoms with Gasteiger partial charge in [-0.1, -0.05) is 36.4 Å². The number of aryl methyl sites for hydroxylation is 1. The van der Waals surface area contributed by atoms with Crippen LogP contribution in [0, 0.1) is 12.7 Å². The molecule has 0 unspecified atom stereocenters. The van der Waals surface area contributed by atoms with Gasteiger partial charge in [-0.25, -0.2) is 9.18 Å². The SMILES string of the molecule is Cc1cccc(NC(=O)Nc2ccc(-c3cccc4snc(N)c34)cc2)c1F. The first-order valence-corrected chi connectivity index (χ1v) is 9.37. The number of fused-ring (bicyclic) bond motifs is 1. The smallest absolute Gasteiger partial charge is 0.323 e. The lowest BCUT2D eigenvalue weighted by Gasteiger charge is -2.10. The molecule has 0 fully saturated rings. The molecule has 4 aromatic rings. The highest BCUT2D eigenvalue weighted by molar-refractivity contribution is 7.13. The van der Waals surface area contributed by atoms with E-state index in [0.29, 0.717) is 17.1 Å². The van der Waals surface area contributed by atoms with Crippen molar-refractivity contribution < 1.29 is 9.18 Å². The second kappa shape index (κ2) is 7.28. The molecule has 0 atom stereocenters. The molecule has 0 saturated carbocycles. The summed E-state index contributed by atoms with van der Waals surface area (Å²) in [7, 11) is 0. The minimum absolute atomic E-state index is 0.140. The third-order valence-corrected chi connectivity index (χ3v) is 5.24. The van der Waals surface area contributed by atoms with Crippen LogP contribution in [0.4, 0.5) is 26.4 Å². The molecule has 0 bridgehead atoms. The van der Waals surface area contributed by atoms with E-state index in [1.54, 1.807) is 31.2 Å². The Balaban J connectivity index is 1.52. The van der Waals surface area contributed by atoms with Crippen molar-refractivity contribution in [1.29, 1.82) is 0 Å². The molecular weight excluding hydrogens is 375 g/mol. The minimum Gasteiger partial charge on any atom is -0.382 e. The Labute approximate surface area is 165 Å². The van der Waals surface area contributed by atoms with Gasteiger partial charge >= 0.3 is 6.03 Å². The molecule has 2 amide bonds. The van der Waals surface area contributed by atoms with Gasteiger partial charge in [0.1, 0.15) is 11.6 Å². The second-order valence-corrected chi connectivity index (χ2v) is 7.14. The molecule has 7 heteroatoms. The van der Waals surface area contributed by atoms with Crippen LogP contribution in [0.1, 0.15) is 5.56 Å². The summed E-state index contributed by atoms with van der Waals surface area (Å²) >= 11 is 1.37. The highest BCUT2D eigenvalue weighted by atomic mass is 32.1. The van der Waals surface area contributed by atoms with Crippen LogP contribution in [-0.4, -0.2) is 10.4 Å². The van der Waals surface area contributed by atoms with Crippen molar-refractivity contribution in [2.75, 3.05) is 16.4 Å². The zero-order valence-corrected chi connectivity index (χ0v) is 15.8. The lowest BCUT2D eigenvalue weighted by molar-refractivity contribution is 0.262. The monoisotopic (exact) mass is 392 g/mol. The molecular formula is C21H17FN4OS. The number of aromatic nitrogens is 1. The number of halogens is 1. The van der Waals surface area contributed by atoms with Crippen LogP contribution in [0.5, 0.6) is 0 Å². The zero-order valence-electron chi connectivity index (χ0n) is 15.0. The Hall–Kier alpha value is -3.45. The number of urea groups is 1. The summed E-state index contributed by atoms with van der Waals surface area (Å²) < 4.78 is 19.3. The molecule has 0 radical (unpaired) electrons. The van der Waals surface area contributed by atoms with E-state index < -0.39 is 11.8 Å². The summed E-state index contributed by atoms with van der Waals surface area (Å²) in [6.07, 6.45) is 0. The summed E-state index contributed by atoms with van der Waals surface area (Å²) in [5.41, 5.74) is 9.17. The van der Waals surface area contributed by atoms with Crippen molar-refractivity contribution in [1.82, 2.24) is 4.37 Å². The summed E-state index contributed by atoms with van der Waals surface area (Å²) in [6, 6.07) is 17.7. The van der Waals surface area contributed by atoms with Gasteiger partial charge in [-0.05, 0) is 59.4 Å². The number of hydrogen-bond donors (Lipinski definition) is 3. The van der Waals surface area contributed by atoms with Gasteiger partial charge in [0.25, 0.3) is 0 Å². The summed E-state index contributed by atoms with van der Waals surface area (Å²) in [4.78, 5) is 12.2. The quantitative estimate of drug-likeness (QED) is 0.422. The molecule has 5 nitrogen and oxygen atoms in total. The van der Waals surface area contributed by atoms with Gasteiger partial charge in [-0.2, -0.15) is 4.37 Å². The number of rotatable bonds is 3. The van der Waals surface area contributed by atoms with Crippen LogP contribution in [0.15, 0.2) is 60.7 Å². The molecule has 1 aromatic heterocycles. The lowest BCUT2D eigenvalue weighted by atomic mass is 10.0. The molecule has 4 N–H and O–H groups in total. The highest BCUT2D eigenvalue weighted by Gasteiger charge is 2.11. The van der Waals surface area contributed by atoms with Crippen LogP contribution >= 0.6 is 11.5 Å². The fraction of sp³-hybridized carbons (Fsp3) is 0.0476. The number of nitrogens with two attached hydrogens (primary N) is 1. The number of nitrogens with one attached hydrogen (secondary N) is 2. The molecule has 0 saturated heterocycles. The van der Waals surface area contributed by atoms with Gasteiger partial charge in [0.05, 0.1) is 10.4 Å². The fourth-order valence-electron chi connectivity index (χ4n) is 3.02. The van der Waals surface area contributed by atoms with E-state index in [0.717, 1.165) is 21.2 Å². The number of benzene rings is 3. The number of amides is 2. The number of nitrogen functional groups attached to an aromatic ring is 1. The first-order chi connectivity index (χ1) is 13.5. The molecule has 1 heterocycles. The average Bonchev–Trinajstić information content (AvgIpc) is 3.07. The van der Waals surface area contributed by atoms with Gasteiger partial charge in [0.2, 0.25) is 0 Å². The lowest BCUT2D eigenvalue weighted by Crippen LogP contribution is -2.20. The molecule has 140 valence electrons. The van der Waals surface area contributed by atoms with Gasteiger partial charge in [-0.3, -0.25) is 0 Å². The summed E-state index contributed by atoms with van der Waals surface area (Å²) in [6.45, 7) is 1.65. The van der Waals surface area contributed by atoms with E-state index in [-0.39, 0.29) is 5.69 Å². The number of nitrogens with zero attached hydrogens (tertiary/aromatic N) is 1. The molecule has 0 aliphatic rings. The molecule has 3 aromatic carbocycles. The van der Waals surface area contributed by atoms with E-state index in [2.05, 4.69) is 15.0 Å². The maximum Gasteiger partial charge on any atom is 0.323 e. The van der Waals surface area contributed by atoms with Crippen LogP contribution in [-0.2, 0) is 0 Å². The maximum atomic E-state index is 14.0. The van der Waals surface area contributed by atoms with Gasteiger partial charge in [0, 0.05) is 11.1 Å². The number of anilines is 3. The van der Waals surface area contributed by atoms with Gasteiger partial charge in [-0.15, -0.1) is 0 Å². The standard InChI is InChI=1S/C21H17FN4OS/c1-12-4-2-6-16(19(12)22)25-21(27)24-14-10-8-13(9-11-14)15-5-3-7-17-18(15)20(23)26-28-17/h2-11H,1H3,(H2,23,26)(H2,24,25,27). The Bertz CT molecular complexity index is 1170. The Morgan fingerprint density at radius 1 is 1.04 bits per heavy atom. The first-order valence-electron chi connectivity index (χ1n) is 8.60. The van der Waals surface area contributed by atoms with Gasteiger partial charge in [0.15, 0.2) is 0 Å². The highest BCUT2D eigenvalue weighted by Crippen LogP contribution is 2.35. The van der Waals surface area contributed by atoms with E-state index in [9.17, 15) is 9.18 Å². The minimum atomic E-state index is -0.509. The van der Waals surface area contributed by atoms with E-state index in [1.165, 1.54) is 17.6 Å². The summed E-state index contributed by atoms with van der Waals surface area (Å²) in [5.74, 6) is 0.0698. The predicted octanol–water partition coefficient (Wildman–Crippen LogP) is 5.64. The number of carbonyl (C=O) groups excluding carboxylic acids is 1. The maximum absolute atomic E-state index is 14.0. The van der Waals surface area contributed by atoms with Crippen molar-refractivity contribution >= 4 is 44.8 Å². The van der Waals surface area contributed by atoms with Crippen molar-refractivity contribution in [3.8, 4) is 11.1 Å². The number of hydrogen-bond acceptors (Lipinski definition) is 4. The fourth-order valence-corrected chi connectivity index (χ4v) is 3.75. The molecule has 0 aliphatic heterocycles. The van der Waals surface area contributed by atoms with Gasteiger partial charge < -0.3 is 16.4 Å². The summed E-state index contributed by atoms with van der Waals surface area (Å²) in [5, 5.41) is 6.16. The zero-order chi connectivity index (χ0) is 19.7. The molecule has 28 heavy (non-hydrogen) atoms. The predicted molar refractivity (Wildman–Crippen MR) is 113 cm³/mol. The Kier molecular flexibility index (Phi) is 4.67. The third-order valence-electron chi connectivity index (χ3n) is 4.42. The van der Waals surface area contributed by atoms with E-state index in [1.807, 2.05) is 30.3 Å². The van der Waals surface area contributed by atoms with Crippen LogP contribution in [0.2, 0.25) is 0 Å². The molecule has 4 rings (SSSR count). The normalized spacial score (nSPS) is 10.8.